The number of thiophene rings is 1. The highest BCUT2D eigenvalue weighted by Gasteiger charge is 2.17. The molecule has 2 rings (SSSR count). The third-order valence-corrected chi connectivity index (χ3v) is 3.82. The second-order valence-electron chi connectivity index (χ2n) is 3.91. The van der Waals surface area contributed by atoms with E-state index in [-0.39, 0.29) is 5.78 Å². The van der Waals surface area contributed by atoms with Gasteiger partial charge in [0.05, 0.1) is 0 Å². The van der Waals surface area contributed by atoms with Gasteiger partial charge >= 0.3 is 5.97 Å². The summed E-state index contributed by atoms with van der Waals surface area (Å²) in [6.07, 6.45) is 0.891. The number of aromatic carboxylic acids is 1. The van der Waals surface area contributed by atoms with Crippen LogP contribution in [0.2, 0.25) is 0 Å². The van der Waals surface area contributed by atoms with Crippen molar-refractivity contribution in [1.82, 2.24) is 0 Å². The molecule has 3 nitrogen and oxygen atoms in total. The Kier molecular flexibility index (Phi) is 3.24. The van der Waals surface area contributed by atoms with E-state index in [0.717, 1.165) is 15.6 Å². The lowest BCUT2D eigenvalue weighted by molar-refractivity contribution is -0.116. The minimum absolute atomic E-state index is 0.0802. The molecular weight excluding hydrogens is 236 g/mol. The van der Waals surface area contributed by atoms with E-state index in [1.54, 1.807) is 0 Å². The zero-order chi connectivity index (χ0) is 12.4. The molecule has 0 spiro atoms. The van der Waals surface area contributed by atoms with Crippen LogP contribution in [0.15, 0.2) is 24.3 Å². The minimum Gasteiger partial charge on any atom is -0.477 e. The van der Waals surface area contributed by atoms with Gasteiger partial charge in [-0.25, -0.2) is 4.79 Å². The Morgan fingerprint density at radius 2 is 2.00 bits per heavy atom. The quantitative estimate of drug-likeness (QED) is 0.904. The van der Waals surface area contributed by atoms with Gasteiger partial charge in [0.25, 0.3) is 0 Å². The van der Waals surface area contributed by atoms with Gasteiger partial charge in [0, 0.05) is 11.1 Å². The maximum absolute atomic E-state index is 11.2. The zero-order valence-corrected chi connectivity index (χ0v) is 10.2. The number of aryl methyl sites for hydroxylation is 1. The molecule has 2 aromatic rings. The van der Waals surface area contributed by atoms with E-state index in [1.807, 2.05) is 24.3 Å². The van der Waals surface area contributed by atoms with Crippen molar-refractivity contribution in [3.8, 4) is 0 Å². The number of fused-ring (bicyclic) bond motifs is 1. The van der Waals surface area contributed by atoms with E-state index < -0.39 is 5.97 Å². The van der Waals surface area contributed by atoms with E-state index in [4.69, 9.17) is 5.11 Å². The van der Waals surface area contributed by atoms with Gasteiger partial charge in [0.2, 0.25) is 0 Å². The normalized spacial score (nSPS) is 10.6. The Balaban J connectivity index is 2.51. The Bertz CT molecular complexity index is 583. The number of hydrogen-bond donors (Lipinski definition) is 1. The van der Waals surface area contributed by atoms with E-state index in [9.17, 15) is 9.59 Å². The van der Waals surface area contributed by atoms with Crippen molar-refractivity contribution in [2.45, 2.75) is 19.8 Å². The number of carbonyl (C=O) groups is 2. The third-order valence-electron chi connectivity index (χ3n) is 2.62. The van der Waals surface area contributed by atoms with Gasteiger partial charge < -0.3 is 9.90 Å². The van der Waals surface area contributed by atoms with Gasteiger partial charge in [-0.3, -0.25) is 0 Å². The number of benzene rings is 1. The minimum atomic E-state index is -0.912. The van der Waals surface area contributed by atoms with Gasteiger partial charge in [-0.15, -0.1) is 11.3 Å². The molecule has 17 heavy (non-hydrogen) atoms. The molecule has 0 radical (unpaired) electrons. The molecule has 0 saturated carbocycles. The van der Waals surface area contributed by atoms with Crippen LogP contribution in [0.3, 0.4) is 0 Å². The highest BCUT2D eigenvalue weighted by atomic mass is 32.1. The first-order valence-corrected chi connectivity index (χ1v) is 6.14. The number of rotatable bonds is 4. The summed E-state index contributed by atoms with van der Waals surface area (Å²) in [5.41, 5.74) is 0.785. The van der Waals surface area contributed by atoms with E-state index in [2.05, 4.69) is 0 Å². The van der Waals surface area contributed by atoms with Gasteiger partial charge in [0.1, 0.15) is 10.7 Å². The summed E-state index contributed by atoms with van der Waals surface area (Å²) in [4.78, 5) is 22.5. The average molecular weight is 248 g/mol. The summed E-state index contributed by atoms with van der Waals surface area (Å²) in [5.74, 6) is -0.832. The Morgan fingerprint density at radius 3 is 2.65 bits per heavy atom. The highest BCUT2D eigenvalue weighted by Crippen LogP contribution is 2.32. The monoisotopic (exact) mass is 248 g/mol. The molecule has 1 aromatic heterocycles. The van der Waals surface area contributed by atoms with Crippen molar-refractivity contribution < 1.29 is 14.7 Å². The molecule has 4 heteroatoms. The molecule has 1 aromatic carbocycles. The van der Waals surface area contributed by atoms with Crippen LogP contribution in [0.25, 0.3) is 10.1 Å². The number of carboxylic acids is 1. The Labute approximate surface area is 103 Å². The summed E-state index contributed by atoms with van der Waals surface area (Å²) in [6.45, 7) is 1.52. The van der Waals surface area contributed by atoms with E-state index in [0.29, 0.717) is 17.7 Å². The molecule has 0 unspecified atom stereocenters. The predicted octanol–water partition coefficient (Wildman–Crippen LogP) is 3.12. The van der Waals surface area contributed by atoms with Crippen LogP contribution in [0, 0.1) is 0 Å². The van der Waals surface area contributed by atoms with Crippen LogP contribution < -0.4 is 0 Å². The molecule has 0 aliphatic rings. The fraction of sp³-hybridized carbons (Fsp3) is 0.231. The largest absolute Gasteiger partial charge is 0.477 e. The lowest BCUT2D eigenvalue weighted by Gasteiger charge is -1.99. The van der Waals surface area contributed by atoms with Crippen LogP contribution in [0.4, 0.5) is 0 Å². The lowest BCUT2D eigenvalue weighted by Crippen LogP contribution is -2.00. The van der Waals surface area contributed by atoms with Crippen LogP contribution in [-0.2, 0) is 11.2 Å². The molecular formula is C13H12O3S. The van der Waals surface area contributed by atoms with Crippen molar-refractivity contribution in [2.75, 3.05) is 0 Å². The van der Waals surface area contributed by atoms with Crippen molar-refractivity contribution in [3.05, 3.63) is 34.7 Å². The van der Waals surface area contributed by atoms with Gasteiger partial charge in [0.15, 0.2) is 0 Å². The molecule has 88 valence electrons. The number of Topliss-reactive ketones (excluding diaryl/α,β-unsaturated/α-hetero) is 1. The molecule has 0 amide bonds. The summed E-state index contributed by atoms with van der Waals surface area (Å²) in [6, 6.07) is 7.59. The number of carbonyl (C=O) groups excluding carboxylic acids is 1. The second kappa shape index (κ2) is 4.67. The van der Waals surface area contributed by atoms with Crippen LogP contribution in [-0.4, -0.2) is 16.9 Å². The van der Waals surface area contributed by atoms with Crippen molar-refractivity contribution in [3.63, 3.8) is 0 Å². The lowest BCUT2D eigenvalue weighted by atomic mass is 10.0. The summed E-state index contributed by atoms with van der Waals surface area (Å²) >= 11 is 1.27. The van der Waals surface area contributed by atoms with Gasteiger partial charge in [-0.2, -0.15) is 0 Å². The topological polar surface area (TPSA) is 54.4 Å². The highest BCUT2D eigenvalue weighted by molar-refractivity contribution is 7.21. The predicted molar refractivity (Wildman–Crippen MR) is 67.8 cm³/mol. The third kappa shape index (κ3) is 2.36. The summed E-state index contributed by atoms with van der Waals surface area (Å²) in [7, 11) is 0. The molecule has 0 aliphatic heterocycles. The molecule has 0 fully saturated rings. The van der Waals surface area contributed by atoms with E-state index in [1.165, 1.54) is 18.3 Å². The second-order valence-corrected chi connectivity index (χ2v) is 4.97. The smallest absolute Gasteiger partial charge is 0.346 e. The molecule has 1 heterocycles. The van der Waals surface area contributed by atoms with Crippen LogP contribution in [0.5, 0.6) is 0 Å². The fourth-order valence-corrected chi connectivity index (χ4v) is 2.91. The first kappa shape index (κ1) is 11.8. The van der Waals surface area contributed by atoms with Crippen LogP contribution in [0.1, 0.15) is 28.6 Å². The Morgan fingerprint density at radius 1 is 1.29 bits per heavy atom. The standard InChI is InChI=1S/C13H12O3S/c1-8(14)6-7-10-9-4-2-3-5-11(9)17-12(10)13(15)16/h2-5H,6-7H2,1H3,(H,15,16). The van der Waals surface area contributed by atoms with Gasteiger partial charge in [-0.05, 0) is 30.4 Å². The average Bonchev–Trinajstić information content (AvgIpc) is 2.65. The number of ketones is 1. The number of carboxylic acid groups (broad SMARTS) is 1. The van der Waals surface area contributed by atoms with E-state index >= 15 is 0 Å². The fourth-order valence-electron chi connectivity index (χ4n) is 1.82. The summed E-state index contributed by atoms with van der Waals surface area (Å²) in [5, 5.41) is 10.1. The Hall–Kier alpha value is -1.68. The van der Waals surface area contributed by atoms with Gasteiger partial charge in [-0.1, -0.05) is 18.2 Å². The summed E-state index contributed by atoms with van der Waals surface area (Å²) < 4.78 is 0.962. The maximum Gasteiger partial charge on any atom is 0.346 e. The molecule has 0 saturated heterocycles. The molecule has 0 atom stereocenters. The van der Waals surface area contributed by atoms with Crippen molar-refractivity contribution >= 4 is 33.2 Å². The number of hydrogen-bond acceptors (Lipinski definition) is 3. The SMILES string of the molecule is CC(=O)CCc1c(C(=O)O)sc2ccccc12. The van der Waals surface area contributed by atoms with Crippen LogP contribution >= 0.6 is 11.3 Å². The molecule has 0 bridgehead atoms. The maximum atomic E-state index is 11.2. The first-order valence-electron chi connectivity index (χ1n) is 5.32. The van der Waals surface area contributed by atoms with Crippen molar-refractivity contribution in [1.29, 1.82) is 0 Å². The van der Waals surface area contributed by atoms with Crippen molar-refractivity contribution in [2.24, 2.45) is 0 Å². The first-order chi connectivity index (χ1) is 8.09. The zero-order valence-electron chi connectivity index (χ0n) is 9.40. The molecule has 1 N–H and O–H groups in total. The molecule has 0 aliphatic carbocycles.